The minimum atomic E-state index is 0.926. The van der Waals surface area contributed by atoms with Crippen LogP contribution >= 0.6 is 0 Å². The summed E-state index contributed by atoms with van der Waals surface area (Å²) in [6.45, 7) is 29.1. The van der Waals surface area contributed by atoms with Crippen LogP contribution in [0.3, 0.4) is 0 Å². The Morgan fingerprint density at radius 1 is 0.657 bits per heavy atom. The Morgan fingerprint density at radius 3 is 1.51 bits per heavy atom. The summed E-state index contributed by atoms with van der Waals surface area (Å²) < 4.78 is 0. The molecule has 0 aliphatic heterocycles. The van der Waals surface area contributed by atoms with Crippen molar-refractivity contribution in [3.8, 4) is 0 Å². The van der Waals surface area contributed by atoms with Crippen LogP contribution in [-0.4, -0.2) is 0 Å². The molecule has 0 N–H and O–H groups in total. The SMILES string of the molecule is CC.CC.CC.CCC1CCCCC1.CCCCC(CC)C(C)CC(C)C1CCC(C)C(C)CC1. The molecule has 0 amide bonds. The van der Waals surface area contributed by atoms with Gasteiger partial charge in [0.1, 0.15) is 0 Å². The van der Waals surface area contributed by atoms with E-state index in [-0.39, 0.29) is 0 Å². The van der Waals surface area contributed by atoms with Crippen molar-refractivity contribution in [2.24, 2.45) is 41.4 Å². The van der Waals surface area contributed by atoms with Crippen molar-refractivity contribution < 1.29 is 0 Å². The van der Waals surface area contributed by atoms with Crippen LogP contribution in [0.15, 0.2) is 0 Å². The molecule has 0 radical (unpaired) electrons. The normalized spacial score (nSPS) is 24.8. The maximum Gasteiger partial charge on any atom is -0.0388 e. The van der Waals surface area contributed by atoms with Crippen LogP contribution in [0.1, 0.15) is 186 Å². The maximum absolute atomic E-state index is 2.55. The van der Waals surface area contributed by atoms with Crippen LogP contribution < -0.4 is 0 Å². The van der Waals surface area contributed by atoms with E-state index in [2.05, 4.69) is 48.5 Å². The summed E-state index contributed by atoms with van der Waals surface area (Å²) in [5.74, 6) is 6.83. The van der Waals surface area contributed by atoms with Crippen LogP contribution in [-0.2, 0) is 0 Å². The van der Waals surface area contributed by atoms with Gasteiger partial charge in [-0.2, -0.15) is 0 Å². The highest BCUT2D eigenvalue weighted by Crippen LogP contribution is 2.38. The topological polar surface area (TPSA) is 0 Å². The first-order valence-corrected chi connectivity index (χ1v) is 16.9. The lowest BCUT2D eigenvalue weighted by Gasteiger charge is -2.29. The van der Waals surface area contributed by atoms with Crippen LogP contribution in [0.2, 0.25) is 0 Å². The zero-order valence-electron chi connectivity index (χ0n) is 27.6. The van der Waals surface area contributed by atoms with Gasteiger partial charge in [0, 0.05) is 0 Å². The Hall–Kier alpha value is 0. The van der Waals surface area contributed by atoms with Gasteiger partial charge in [-0.15, -0.1) is 0 Å². The maximum atomic E-state index is 2.55. The van der Waals surface area contributed by atoms with Gasteiger partial charge in [-0.1, -0.05) is 167 Å². The average molecular weight is 497 g/mol. The first kappa shape index (κ1) is 39.5. The molecule has 0 spiro atoms. The molecule has 0 aromatic heterocycles. The average Bonchev–Trinajstić information content (AvgIpc) is 3.09. The number of hydrogen-bond donors (Lipinski definition) is 0. The van der Waals surface area contributed by atoms with E-state index in [1.165, 1.54) is 96.3 Å². The van der Waals surface area contributed by atoms with Crippen molar-refractivity contribution >= 4 is 0 Å². The molecule has 0 aromatic rings. The van der Waals surface area contributed by atoms with Gasteiger partial charge in [0.2, 0.25) is 0 Å². The Labute approximate surface area is 227 Å². The zero-order chi connectivity index (χ0) is 27.6. The van der Waals surface area contributed by atoms with Crippen molar-refractivity contribution in [3.63, 3.8) is 0 Å². The van der Waals surface area contributed by atoms with Gasteiger partial charge in [0.15, 0.2) is 0 Å². The van der Waals surface area contributed by atoms with E-state index >= 15 is 0 Å². The van der Waals surface area contributed by atoms with Crippen LogP contribution in [0.4, 0.5) is 0 Å². The van der Waals surface area contributed by atoms with Crippen molar-refractivity contribution in [3.05, 3.63) is 0 Å². The minimum Gasteiger partial charge on any atom is -0.0683 e. The van der Waals surface area contributed by atoms with Gasteiger partial charge >= 0.3 is 0 Å². The molecule has 2 fully saturated rings. The highest BCUT2D eigenvalue weighted by Gasteiger charge is 2.27. The summed E-state index contributed by atoms with van der Waals surface area (Å²) in [6.07, 6.45) is 21.9. The fourth-order valence-corrected chi connectivity index (χ4v) is 6.16. The molecular weight excluding hydrogens is 420 g/mol. The second-order valence-electron chi connectivity index (χ2n) is 11.3. The summed E-state index contributed by atoms with van der Waals surface area (Å²) >= 11 is 0. The lowest BCUT2D eigenvalue weighted by molar-refractivity contribution is 0.213. The van der Waals surface area contributed by atoms with Crippen molar-refractivity contribution in [1.82, 2.24) is 0 Å². The quantitative estimate of drug-likeness (QED) is 0.278. The number of rotatable bonds is 9. The van der Waals surface area contributed by atoms with E-state index < -0.39 is 0 Å². The van der Waals surface area contributed by atoms with Gasteiger partial charge in [-0.05, 0) is 60.7 Å². The van der Waals surface area contributed by atoms with Gasteiger partial charge in [-0.25, -0.2) is 0 Å². The first-order valence-electron chi connectivity index (χ1n) is 16.9. The van der Waals surface area contributed by atoms with E-state index in [0.717, 1.165) is 41.4 Å². The smallest absolute Gasteiger partial charge is 0.0388 e. The molecule has 2 aliphatic carbocycles. The van der Waals surface area contributed by atoms with E-state index in [4.69, 9.17) is 0 Å². The molecule has 35 heavy (non-hydrogen) atoms. The Balaban J connectivity index is -0.000000604. The summed E-state index contributed by atoms with van der Waals surface area (Å²) in [6, 6.07) is 0. The lowest BCUT2D eigenvalue weighted by Crippen LogP contribution is -2.19. The Kier molecular flexibility index (Phi) is 32.3. The molecule has 2 rings (SSSR count). The first-order chi connectivity index (χ1) is 16.9. The van der Waals surface area contributed by atoms with Gasteiger partial charge in [0.25, 0.3) is 0 Å². The fraction of sp³-hybridized carbons (Fsp3) is 1.00. The predicted molar refractivity (Wildman–Crippen MR) is 167 cm³/mol. The summed E-state index contributed by atoms with van der Waals surface area (Å²) in [7, 11) is 0. The molecule has 216 valence electrons. The number of unbranched alkanes of at least 4 members (excludes halogenated alkanes) is 1. The highest BCUT2D eigenvalue weighted by atomic mass is 14.3. The van der Waals surface area contributed by atoms with Crippen molar-refractivity contribution in [1.29, 1.82) is 0 Å². The summed E-state index contributed by atoms with van der Waals surface area (Å²) in [5.41, 5.74) is 0. The summed E-state index contributed by atoms with van der Waals surface area (Å²) in [4.78, 5) is 0. The lowest BCUT2D eigenvalue weighted by atomic mass is 9.76. The Bertz CT molecular complexity index is 354. The molecule has 2 aliphatic rings. The third kappa shape index (κ3) is 19.7. The molecule has 2 saturated carbocycles. The molecule has 0 heteroatoms. The number of hydrogen-bond acceptors (Lipinski definition) is 0. The van der Waals surface area contributed by atoms with E-state index in [0.29, 0.717) is 0 Å². The molecule has 0 saturated heterocycles. The predicted octanol–water partition coefficient (Wildman–Crippen LogP) is 13.4. The molecule has 0 heterocycles. The van der Waals surface area contributed by atoms with Gasteiger partial charge < -0.3 is 0 Å². The van der Waals surface area contributed by atoms with Crippen LogP contribution in [0.25, 0.3) is 0 Å². The Morgan fingerprint density at radius 2 is 1.14 bits per heavy atom. The molecule has 0 nitrogen and oxygen atoms in total. The van der Waals surface area contributed by atoms with Gasteiger partial charge in [-0.3, -0.25) is 0 Å². The highest BCUT2D eigenvalue weighted by molar-refractivity contribution is 4.78. The standard InChI is InChI=1S/C21H42.C8H16.3C2H6/c1-7-9-10-20(8-2)18(5)15-19(6)21-13-11-16(3)17(4)12-14-21;1-2-8-6-4-3-5-7-8;3*1-2/h16-21H,7-15H2,1-6H3;8H,2-7H2,1H3;3*1-2H3. The largest absolute Gasteiger partial charge is 0.0683 e. The van der Waals surface area contributed by atoms with E-state index in [1.807, 2.05) is 41.5 Å². The second kappa shape index (κ2) is 28.6. The van der Waals surface area contributed by atoms with Gasteiger partial charge in [0.05, 0.1) is 0 Å². The minimum absolute atomic E-state index is 0.926. The molecule has 0 aromatic carbocycles. The second-order valence-corrected chi connectivity index (χ2v) is 11.3. The van der Waals surface area contributed by atoms with Crippen molar-refractivity contribution in [2.45, 2.75) is 186 Å². The van der Waals surface area contributed by atoms with Crippen LogP contribution in [0.5, 0.6) is 0 Å². The van der Waals surface area contributed by atoms with E-state index in [1.54, 1.807) is 0 Å². The third-order valence-corrected chi connectivity index (χ3v) is 9.06. The monoisotopic (exact) mass is 497 g/mol. The fourth-order valence-electron chi connectivity index (χ4n) is 6.16. The summed E-state index contributed by atoms with van der Waals surface area (Å²) in [5, 5.41) is 0. The van der Waals surface area contributed by atoms with Crippen molar-refractivity contribution in [2.75, 3.05) is 0 Å². The molecular formula is C35H76. The van der Waals surface area contributed by atoms with E-state index in [9.17, 15) is 0 Å². The van der Waals surface area contributed by atoms with Crippen LogP contribution in [0, 0.1) is 41.4 Å². The molecule has 5 atom stereocenters. The molecule has 5 unspecified atom stereocenters. The third-order valence-electron chi connectivity index (χ3n) is 9.06. The zero-order valence-corrected chi connectivity index (χ0v) is 27.6. The molecule has 0 bridgehead atoms.